The molecule has 6 heteroatoms. The number of benzene rings is 2. The molecule has 1 fully saturated rings. The lowest BCUT2D eigenvalue weighted by atomic mass is 10.1. The Hall–Kier alpha value is -2.37. The van der Waals surface area contributed by atoms with Gasteiger partial charge < -0.3 is 10.2 Å². The van der Waals surface area contributed by atoms with Gasteiger partial charge in [-0.1, -0.05) is 17.7 Å². The predicted molar refractivity (Wildman–Crippen MR) is 110 cm³/mol. The van der Waals surface area contributed by atoms with Gasteiger partial charge in [-0.15, -0.1) is 0 Å². The Morgan fingerprint density at radius 2 is 1.70 bits per heavy atom. The van der Waals surface area contributed by atoms with Crippen LogP contribution in [0.15, 0.2) is 48.5 Å². The summed E-state index contributed by atoms with van der Waals surface area (Å²) < 4.78 is 0. The van der Waals surface area contributed by atoms with E-state index < -0.39 is 0 Å². The number of ketones is 1. The van der Waals surface area contributed by atoms with Crippen LogP contribution in [0.2, 0.25) is 5.02 Å². The number of anilines is 2. The minimum absolute atomic E-state index is 0.0128. The molecule has 1 heterocycles. The third-order valence-electron chi connectivity index (χ3n) is 4.97. The second-order valence-electron chi connectivity index (χ2n) is 6.80. The first-order chi connectivity index (χ1) is 12.9. The molecule has 1 amide bonds. The first kappa shape index (κ1) is 19.4. The lowest BCUT2D eigenvalue weighted by Gasteiger charge is -2.38. The van der Waals surface area contributed by atoms with Crippen LogP contribution in [0.25, 0.3) is 0 Å². The number of amides is 1. The first-order valence-corrected chi connectivity index (χ1v) is 9.48. The number of piperazine rings is 1. The van der Waals surface area contributed by atoms with Gasteiger partial charge >= 0.3 is 0 Å². The van der Waals surface area contributed by atoms with Gasteiger partial charge in [0.05, 0.1) is 6.04 Å². The zero-order valence-electron chi connectivity index (χ0n) is 15.6. The topological polar surface area (TPSA) is 52.7 Å². The third-order valence-corrected chi connectivity index (χ3v) is 5.21. The van der Waals surface area contributed by atoms with Crippen molar-refractivity contribution in [3.63, 3.8) is 0 Å². The molecule has 1 aliphatic rings. The van der Waals surface area contributed by atoms with E-state index in [2.05, 4.69) is 21.2 Å². The van der Waals surface area contributed by atoms with E-state index in [4.69, 9.17) is 11.6 Å². The third kappa shape index (κ3) is 4.87. The predicted octanol–water partition coefficient (Wildman–Crippen LogP) is 3.69. The summed E-state index contributed by atoms with van der Waals surface area (Å²) in [7, 11) is 0. The van der Waals surface area contributed by atoms with Gasteiger partial charge in [-0.05, 0) is 56.3 Å². The van der Waals surface area contributed by atoms with E-state index >= 15 is 0 Å². The van der Waals surface area contributed by atoms with E-state index in [1.807, 2.05) is 25.1 Å². The Balaban J connectivity index is 1.54. The molecule has 2 aromatic carbocycles. The summed E-state index contributed by atoms with van der Waals surface area (Å²) in [4.78, 5) is 28.4. The van der Waals surface area contributed by atoms with Crippen LogP contribution in [0.3, 0.4) is 0 Å². The standard InChI is InChI=1S/C21H24ClN3O2/c1-15(21(27)23-19-8-6-17(7-9-19)16(2)26)24-10-12-25(13-11-24)20-5-3-4-18(22)14-20/h3-9,14-15H,10-13H2,1-2H3,(H,23,27)/t15-/m0/s1. The summed E-state index contributed by atoms with van der Waals surface area (Å²) >= 11 is 6.08. The molecule has 2 aromatic rings. The highest BCUT2D eigenvalue weighted by molar-refractivity contribution is 6.30. The molecule has 0 spiro atoms. The van der Waals surface area contributed by atoms with Crippen LogP contribution in [-0.4, -0.2) is 48.8 Å². The molecule has 1 aliphatic heterocycles. The molecular formula is C21H24ClN3O2. The fourth-order valence-corrected chi connectivity index (χ4v) is 3.43. The Kier molecular flexibility index (Phi) is 6.14. The highest BCUT2D eigenvalue weighted by Gasteiger charge is 2.25. The highest BCUT2D eigenvalue weighted by Crippen LogP contribution is 2.21. The highest BCUT2D eigenvalue weighted by atomic mass is 35.5. The fraction of sp³-hybridized carbons (Fsp3) is 0.333. The molecule has 27 heavy (non-hydrogen) atoms. The monoisotopic (exact) mass is 385 g/mol. The maximum Gasteiger partial charge on any atom is 0.241 e. The van der Waals surface area contributed by atoms with Crippen molar-refractivity contribution in [2.45, 2.75) is 19.9 Å². The van der Waals surface area contributed by atoms with E-state index in [0.717, 1.165) is 36.9 Å². The Morgan fingerprint density at radius 3 is 2.30 bits per heavy atom. The normalized spacial score (nSPS) is 16.0. The van der Waals surface area contributed by atoms with Gasteiger partial charge in [-0.25, -0.2) is 0 Å². The van der Waals surface area contributed by atoms with Crippen molar-refractivity contribution < 1.29 is 9.59 Å². The molecule has 5 nitrogen and oxygen atoms in total. The maximum absolute atomic E-state index is 12.6. The molecule has 0 saturated carbocycles. The van der Waals surface area contributed by atoms with Gasteiger partial charge in [0.25, 0.3) is 0 Å². The number of nitrogens with zero attached hydrogens (tertiary/aromatic N) is 2. The summed E-state index contributed by atoms with van der Waals surface area (Å²) in [6.45, 7) is 6.78. The van der Waals surface area contributed by atoms with E-state index in [1.165, 1.54) is 6.92 Å². The SMILES string of the molecule is CC(=O)c1ccc(NC(=O)[C@H](C)N2CCN(c3cccc(Cl)c3)CC2)cc1. The molecule has 0 bridgehead atoms. The number of Topliss-reactive ketones (excluding diaryl/α,β-unsaturated/α-hetero) is 1. The summed E-state index contributed by atoms with van der Waals surface area (Å²) in [5, 5.41) is 3.67. The number of carbonyl (C=O) groups is 2. The number of nitrogens with one attached hydrogen (secondary N) is 1. The Morgan fingerprint density at radius 1 is 1.04 bits per heavy atom. The van der Waals surface area contributed by atoms with E-state index in [-0.39, 0.29) is 17.7 Å². The van der Waals surface area contributed by atoms with E-state index in [1.54, 1.807) is 24.3 Å². The van der Waals surface area contributed by atoms with Crippen LogP contribution in [0.1, 0.15) is 24.2 Å². The number of rotatable bonds is 5. The van der Waals surface area contributed by atoms with Gasteiger partial charge in [0, 0.05) is 48.1 Å². The van der Waals surface area contributed by atoms with Crippen molar-refractivity contribution >= 4 is 34.7 Å². The molecule has 0 unspecified atom stereocenters. The summed E-state index contributed by atoms with van der Waals surface area (Å²) in [6, 6.07) is 14.6. The van der Waals surface area contributed by atoms with Gasteiger partial charge in [0.2, 0.25) is 5.91 Å². The molecule has 1 N–H and O–H groups in total. The molecular weight excluding hydrogens is 362 g/mol. The molecule has 0 aliphatic carbocycles. The summed E-state index contributed by atoms with van der Waals surface area (Å²) in [6.07, 6.45) is 0. The molecule has 3 rings (SSSR count). The lowest BCUT2D eigenvalue weighted by molar-refractivity contribution is -0.120. The maximum atomic E-state index is 12.6. The largest absolute Gasteiger partial charge is 0.369 e. The second-order valence-corrected chi connectivity index (χ2v) is 7.24. The van der Waals surface area contributed by atoms with Crippen LogP contribution in [0.5, 0.6) is 0 Å². The average Bonchev–Trinajstić information content (AvgIpc) is 2.68. The number of hydrogen-bond acceptors (Lipinski definition) is 4. The van der Waals surface area contributed by atoms with Crippen LogP contribution in [0, 0.1) is 0 Å². The molecule has 0 radical (unpaired) electrons. The molecule has 0 aromatic heterocycles. The van der Waals surface area contributed by atoms with Gasteiger partial charge in [0.15, 0.2) is 5.78 Å². The van der Waals surface area contributed by atoms with E-state index in [0.29, 0.717) is 11.3 Å². The van der Waals surface area contributed by atoms with Crippen molar-refractivity contribution in [3.8, 4) is 0 Å². The van der Waals surface area contributed by atoms with Crippen molar-refractivity contribution in [2.75, 3.05) is 36.4 Å². The summed E-state index contributed by atoms with van der Waals surface area (Å²) in [5.41, 5.74) is 2.46. The smallest absolute Gasteiger partial charge is 0.241 e. The fourth-order valence-electron chi connectivity index (χ4n) is 3.24. The number of halogens is 1. The van der Waals surface area contributed by atoms with Crippen molar-refractivity contribution in [1.82, 2.24) is 4.90 Å². The Bertz CT molecular complexity index is 814. The minimum Gasteiger partial charge on any atom is -0.369 e. The van der Waals surface area contributed by atoms with Crippen molar-refractivity contribution in [2.24, 2.45) is 0 Å². The number of hydrogen-bond donors (Lipinski definition) is 1. The van der Waals surface area contributed by atoms with Crippen LogP contribution < -0.4 is 10.2 Å². The van der Waals surface area contributed by atoms with Gasteiger partial charge in [-0.2, -0.15) is 0 Å². The second kappa shape index (κ2) is 8.55. The van der Waals surface area contributed by atoms with Crippen molar-refractivity contribution in [1.29, 1.82) is 0 Å². The van der Waals surface area contributed by atoms with Crippen LogP contribution in [0.4, 0.5) is 11.4 Å². The molecule has 1 atom stereocenters. The number of carbonyl (C=O) groups excluding carboxylic acids is 2. The first-order valence-electron chi connectivity index (χ1n) is 9.10. The molecule has 1 saturated heterocycles. The molecule has 142 valence electrons. The lowest BCUT2D eigenvalue weighted by Crippen LogP contribution is -2.52. The van der Waals surface area contributed by atoms with Gasteiger partial charge in [0.1, 0.15) is 0 Å². The summed E-state index contributed by atoms with van der Waals surface area (Å²) in [5.74, 6) is -0.0272. The van der Waals surface area contributed by atoms with E-state index in [9.17, 15) is 9.59 Å². The zero-order chi connectivity index (χ0) is 19.4. The van der Waals surface area contributed by atoms with Crippen LogP contribution in [-0.2, 0) is 4.79 Å². The Labute approximate surface area is 164 Å². The zero-order valence-corrected chi connectivity index (χ0v) is 16.4. The van der Waals surface area contributed by atoms with Crippen molar-refractivity contribution in [3.05, 3.63) is 59.1 Å². The van der Waals surface area contributed by atoms with Crippen LogP contribution >= 0.6 is 11.6 Å². The minimum atomic E-state index is -0.223. The van der Waals surface area contributed by atoms with Gasteiger partial charge in [-0.3, -0.25) is 14.5 Å². The quantitative estimate of drug-likeness (QED) is 0.797. The average molecular weight is 386 g/mol.